The first-order valence-electron chi connectivity index (χ1n) is 5.20. The van der Waals surface area contributed by atoms with E-state index in [1.807, 2.05) is 19.1 Å². The topological polar surface area (TPSA) is 0 Å². The minimum atomic E-state index is -2.84. The van der Waals surface area contributed by atoms with Gasteiger partial charge < -0.3 is 0 Å². The molecule has 0 amide bonds. The van der Waals surface area contributed by atoms with Crippen LogP contribution < -0.4 is 0 Å². The maximum atomic E-state index is 13.6. The molecule has 0 aliphatic carbocycles. The SMILES string of the molecule is Cc1ccc(C#CC(F)(F)[Si](C)(C)C)cc1. The minimum absolute atomic E-state index is 0.642. The normalized spacial score (nSPS) is 11.9. The summed E-state index contributed by atoms with van der Waals surface area (Å²) >= 11 is 0. The van der Waals surface area contributed by atoms with Crippen molar-refractivity contribution in [3.05, 3.63) is 35.4 Å². The van der Waals surface area contributed by atoms with Crippen molar-refractivity contribution in [3.63, 3.8) is 0 Å². The van der Waals surface area contributed by atoms with Crippen LogP contribution in [0.4, 0.5) is 8.78 Å². The molecule has 0 saturated carbocycles. The molecule has 0 heterocycles. The summed E-state index contributed by atoms with van der Waals surface area (Å²) in [5, 5.41) is 0. The predicted molar refractivity (Wildman–Crippen MR) is 66.4 cm³/mol. The zero-order valence-electron chi connectivity index (χ0n) is 10.1. The van der Waals surface area contributed by atoms with Crippen molar-refractivity contribution in [1.82, 2.24) is 0 Å². The van der Waals surface area contributed by atoms with E-state index in [9.17, 15) is 8.78 Å². The number of hydrogen-bond acceptors (Lipinski definition) is 0. The molecule has 0 saturated heterocycles. The van der Waals surface area contributed by atoms with Crippen molar-refractivity contribution >= 4 is 8.07 Å². The summed E-state index contributed by atoms with van der Waals surface area (Å²) < 4.78 is 27.2. The standard InChI is InChI=1S/C13H16F2Si/c1-11-5-7-12(8-6-11)9-10-13(14,15)16(2,3)4/h5-8H,1-4H3. The van der Waals surface area contributed by atoms with Crippen LogP contribution in [-0.2, 0) is 0 Å². The van der Waals surface area contributed by atoms with Gasteiger partial charge in [-0.25, -0.2) is 0 Å². The molecule has 0 aliphatic rings. The quantitative estimate of drug-likeness (QED) is 0.515. The van der Waals surface area contributed by atoms with E-state index in [2.05, 4.69) is 11.8 Å². The van der Waals surface area contributed by atoms with Crippen molar-refractivity contribution in [2.75, 3.05) is 0 Å². The summed E-state index contributed by atoms with van der Waals surface area (Å²) in [7, 11) is -2.56. The van der Waals surface area contributed by atoms with Gasteiger partial charge in [0, 0.05) is 5.56 Å². The number of aryl methyl sites for hydroxylation is 1. The van der Waals surface area contributed by atoms with E-state index in [1.54, 1.807) is 31.8 Å². The van der Waals surface area contributed by atoms with Crippen molar-refractivity contribution in [2.45, 2.75) is 32.1 Å². The summed E-state index contributed by atoms with van der Waals surface area (Å²) in [5.41, 5.74) is -1.09. The molecule has 1 rings (SSSR count). The highest BCUT2D eigenvalue weighted by molar-refractivity contribution is 6.79. The van der Waals surface area contributed by atoms with Crippen LogP contribution in [0.3, 0.4) is 0 Å². The second-order valence-electron chi connectivity index (χ2n) is 4.94. The second kappa shape index (κ2) is 4.38. The van der Waals surface area contributed by atoms with E-state index in [0.717, 1.165) is 5.56 Å². The van der Waals surface area contributed by atoms with Crippen molar-refractivity contribution in [1.29, 1.82) is 0 Å². The molecule has 0 unspecified atom stereocenters. The fourth-order valence-corrected chi connectivity index (χ4v) is 1.41. The Balaban J connectivity index is 2.94. The molecule has 0 bridgehead atoms. The molecule has 86 valence electrons. The molecule has 1 aromatic rings. The third-order valence-electron chi connectivity index (χ3n) is 2.36. The molecule has 0 spiro atoms. The smallest absolute Gasteiger partial charge is 0.198 e. The zero-order valence-corrected chi connectivity index (χ0v) is 11.1. The van der Waals surface area contributed by atoms with Gasteiger partial charge in [0.1, 0.15) is 8.07 Å². The summed E-state index contributed by atoms with van der Waals surface area (Å²) in [6.45, 7) is 6.82. The van der Waals surface area contributed by atoms with Crippen LogP contribution >= 0.6 is 0 Å². The summed E-state index contributed by atoms with van der Waals surface area (Å²) in [5.74, 6) is 4.67. The number of halogens is 2. The number of alkyl halides is 2. The molecule has 16 heavy (non-hydrogen) atoms. The summed E-state index contributed by atoms with van der Waals surface area (Å²) in [4.78, 5) is 0. The first kappa shape index (κ1) is 12.9. The Morgan fingerprint density at radius 1 is 1.06 bits per heavy atom. The highest BCUT2D eigenvalue weighted by Gasteiger charge is 2.43. The van der Waals surface area contributed by atoms with Crippen LogP contribution in [0.1, 0.15) is 11.1 Å². The Morgan fingerprint density at radius 3 is 2.00 bits per heavy atom. The van der Waals surface area contributed by atoms with Crippen molar-refractivity contribution in [3.8, 4) is 11.8 Å². The molecule has 3 heteroatoms. The monoisotopic (exact) mass is 238 g/mol. The van der Waals surface area contributed by atoms with Crippen LogP contribution in [-0.4, -0.2) is 13.6 Å². The van der Waals surface area contributed by atoms with E-state index >= 15 is 0 Å². The molecule has 0 nitrogen and oxygen atoms in total. The van der Waals surface area contributed by atoms with Crippen LogP contribution in [0.2, 0.25) is 19.6 Å². The molecular formula is C13H16F2Si. The van der Waals surface area contributed by atoms with Gasteiger partial charge in [0.05, 0.1) is 0 Å². The van der Waals surface area contributed by atoms with Gasteiger partial charge in [0.25, 0.3) is 5.55 Å². The molecule has 0 fully saturated rings. The first-order valence-corrected chi connectivity index (χ1v) is 8.70. The number of benzene rings is 1. The average molecular weight is 238 g/mol. The van der Waals surface area contributed by atoms with E-state index in [-0.39, 0.29) is 0 Å². The van der Waals surface area contributed by atoms with E-state index < -0.39 is 13.6 Å². The van der Waals surface area contributed by atoms with Gasteiger partial charge >= 0.3 is 0 Å². The highest BCUT2D eigenvalue weighted by atomic mass is 28.3. The van der Waals surface area contributed by atoms with Crippen molar-refractivity contribution < 1.29 is 8.78 Å². The molecular weight excluding hydrogens is 222 g/mol. The van der Waals surface area contributed by atoms with Gasteiger partial charge in [-0.2, -0.15) is 8.78 Å². The molecule has 0 atom stereocenters. The van der Waals surface area contributed by atoms with E-state index in [1.165, 1.54) is 0 Å². The molecule has 0 N–H and O–H groups in total. The van der Waals surface area contributed by atoms with Crippen LogP contribution in [0.25, 0.3) is 0 Å². The van der Waals surface area contributed by atoms with Gasteiger partial charge in [-0.1, -0.05) is 43.3 Å². The summed E-state index contributed by atoms with van der Waals surface area (Å²) in [6.07, 6.45) is 0. The molecule has 0 radical (unpaired) electrons. The van der Waals surface area contributed by atoms with Crippen molar-refractivity contribution in [2.24, 2.45) is 0 Å². The third-order valence-corrected chi connectivity index (χ3v) is 4.37. The second-order valence-corrected chi connectivity index (χ2v) is 10.1. The molecule has 1 aromatic carbocycles. The van der Waals surface area contributed by atoms with Crippen LogP contribution in [0, 0.1) is 18.8 Å². The molecule has 0 aromatic heterocycles. The lowest BCUT2D eigenvalue weighted by atomic mass is 10.2. The van der Waals surface area contributed by atoms with Crippen LogP contribution in [0.5, 0.6) is 0 Å². The van der Waals surface area contributed by atoms with Gasteiger partial charge in [0.15, 0.2) is 0 Å². The Labute approximate surface area is 96.7 Å². The van der Waals surface area contributed by atoms with E-state index in [4.69, 9.17) is 0 Å². The number of rotatable bonds is 1. The highest BCUT2D eigenvalue weighted by Crippen LogP contribution is 2.26. The largest absolute Gasteiger partial charge is 0.286 e. The zero-order chi connectivity index (χ0) is 12.4. The van der Waals surface area contributed by atoms with Gasteiger partial charge in [-0.3, -0.25) is 0 Å². The van der Waals surface area contributed by atoms with Gasteiger partial charge in [-0.05, 0) is 25.0 Å². The maximum absolute atomic E-state index is 13.6. The minimum Gasteiger partial charge on any atom is -0.198 e. The first-order chi connectivity index (χ1) is 7.22. The van der Waals surface area contributed by atoms with Gasteiger partial charge in [0.2, 0.25) is 0 Å². The Bertz CT molecular complexity index is 416. The lowest BCUT2D eigenvalue weighted by Gasteiger charge is -2.22. The lowest BCUT2D eigenvalue weighted by Crippen LogP contribution is -2.43. The Hall–Kier alpha value is -1.14. The average Bonchev–Trinajstić information content (AvgIpc) is 2.15. The van der Waals surface area contributed by atoms with E-state index in [0.29, 0.717) is 5.56 Å². The van der Waals surface area contributed by atoms with Crippen LogP contribution in [0.15, 0.2) is 24.3 Å². The molecule has 0 aliphatic heterocycles. The summed E-state index contributed by atoms with van der Waals surface area (Å²) in [6, 6.07) is 7.28. The third kappa shape index (κ3) is 3.18. The Kier molecular flexibility index (Phi) is 3.54. The predicted octanol–water partition coefficient (Wildman–Crippen LogP) is 3.86. The maximum Gasteiger partial charge on any atom is 0.286 e. The lowest BCUT2D eigenvalue weighted by molar-refractivity contribution is 0.149. The van der Waals surface area contributed by atoms with Gasteiger partial charge in [-0.15, -0.1) is 0 Å². The fraction of sp³-hybridized carbons (Fsp3) is 0.385. The Morgan fingerprint density at radius 2 is 1.56 bits per heavy atom. The number of hydrogen-bond donors (Lipinski definition) is 0. The fourth-order valence-electron chi connectivity index (χ4n) is 0.975.